The molecule has 0 bridgehead atoms. The molecule has 3 rings (SSSR count). The third-order valence-corrected chi connectivity index (χ3v) is 5.48. The predicted molar refractivity (Wildman–Crippen MR) is 104 cm³/mol. The SMILES string of the molecule is CCc1cc2c(=O)n(CCCCOc3ccc(C)cc3)c(C)nc2s1. The zero-order valence-corrected chi connectivity index (χ0v) is 15.9. The highest BCUT2D eigenvalue weighted by molar-refractivity contribution is 7.18. The topological polar surface area (TPSA) is 44.1 Å². The van der Waals surface area contributed by atoms with Crippen molar-refractivity contribution in [1.29, 1.82) is 0 Å². The van der Waals surface area contributed by atoms with Crippen LogP contribution in [0.2, 0.25) is 0 Å². The second-order valence-electron chi connectivity index (χ2n) is 6.27. The zero-order chi connectivity index (χ0) is 17.8. The molecule has 0 aliphatic heterocycles. The second-order valence-corrected chi connectivity index (χ2v) is 7.38. The molecule has 1 aromatic carbocycles. The summed E-state index contributed by atoms with van der Waals surface area (Å²) in [7, 11) is 0. The highest BCUT2D eigenvalue weighted by Gasteiger charge is 2.11. The molecule has 132 valence electrons. The van der Waals surface area contributed by atoms with E-state index in [1.54, 1.807) is 15.9 Å². The summed E-state index contributed by atoms with van der Waals surface area (Å²) < 4.78 is 7.54. The molecule has 0 unspecified atom stereocenters. The Balaban J connectivity index is 1.59. The van der Waals surface area contributed by atoms with Crippen LogP contribution in [0.1, 0.15) is 36.0 Å². The van der Waals surface area contributed by atoms with Crippen molar-refractivity contribution in [3.05, 3.63) is 57.0 Å². The number of hydrogen-bond acceptors (Lipinski definition) is 4. The van der Waals surface area contributed by atoms with Crippen LogP contribution in [0.3, 0.4) is 0 Å². The number of rotatable bonds is 7. The Kier molecular flexibility index (Phi) is 5.53. The van der Waals surface area contributed by atoms with Crippen LogP contribution < -0.4 is 10.3 Å². The van der Waals surface area contributed by atoms with Crippen LogP contribution in [0.5, 0.6) is 5.75 Å². The number of unbranched alkanes of at least 4 members (excludes halogenated alkanes) is 1. The Bertz CT molecular complexity index is 910. The lowest BCUT2D eigenvalue weighted by atomic mass is 10.2. The van der Waals surface area contributed by atoms with Crippen LogP contribution in [0, 0.1) is 13.8 Å². The van der Waals surface area contributed by atoms with Crippen LogP contribution in [0.4, 0.5) is 0 Å². The van der Waals surface area contributed by atoms with Gasteiger partial charge in [-0.2, -0.15) is 0 Å². The zero-order valence-electron chi connectivity index (χ0n) is 15.0. The summed E-state index contributed by atoms with van der Waals surface area (Å²) >= 11 is 1.62. The van der Waals surface area contributed by atoms with E-state index in [9.17, 15) is 4.79 Å². The summed E-state index contributed by atoms with van der Waals surface area (Å²) in [6.07, 6.45) is 2.74. The van der Waals surface area contributed by atoms with Gasteiger partial charge in [0, 0.05) is 11.4 Å². The minimum Gasteiger partial charge on any atom is -0.494 e. The van der Waals surface area contributed by atoms with Crippen LogP contribution in [0.15, 0.2) is 35.1 Å². The van der Waals surface area contributed by atoms with Crippen molar-refractivity contribution in [2.45, 2.75) is 46.6 Å². The summed E-state index contributed by atoms with van der Waals surface area (Å²) in [5.74, 6) is 1.69. The second kappa shape index (κ2) is 7.83. The van der Waals surface area contributed by atoms with E-state index in [1.807, 2.05) is 37.3 Å². The largest absolute Gasteiger partial charge is 0.494 e. The molecular weight excluding hydrogens is 332 g/mol. The Labute approximate surface area is 152 Å². The smallest absolute Gasteiger partial charge is 0.262 e. The van der Waals surface area contributed by atoms with Gasteiger partial charge in [-0.25, -0.2) is 4.98 Å². The average Bonchev–Trinajstić information content (AvgIpc) is 3.02. The Hall–Kier alpha value is -2.14. The van der Waals surface area contributed by atoms with Crippen molar-refractivity contribution in [3.8, 4) is 5.75 Å². The monoisotopic (exact) mass is 356 g/mol. The van der Waals surface area contributed by atoms with Gasteiger partial charge in [-0.3, -0.25) is 9.36 Å². The number of fused-ring (bicyclic) bond motifs is 1. The molecule has 0 aliphatic rings. The minimum atomic E-state index is 0.0814. The first kappa shape index (κ1) is 17.7. The Morgan fingerprint density at radius 1 is 1.16 bits per heavy atom. The molecule has 0 fully saturated rings. The van der Waals surface area contributed by atoms with E-state index in [-0.39, 0.29) is 5.56 Å². The van der Waals surface area contributed by atoms with Crippen molar-refractivity contribution < 1.29 is 4.74 Å². The molecule has 0 aliphatic carbocycles. The van der Waals surface area contributed by atoms with Gasteiger partial charge in [0.2, 0.25) is 0 Å². The number of aryl methyl sites for hydroxylation is 3. The Morgan fingerprint density at radius 3 is 2.64 bits per heavy atom. The third kappa shape index (κ3) is 4.10. The molecule has 0 N–H and O–H groups in total. The number of hydrogen-bond donors (Lipinski definition) is 0. The molecule has 25 heavy (non-hydrogen) atoms. The average molecular weight is 356 g/mol. The molecule has 0 amide bonds. The first-order chi connectivity index (χ1) is 12.1. The molecule has 4 nitrogen and oxygen atoms in total. The lowest BCUT2D eigenvalue weighted by Crippen LogP contribution is -2.23. The molecule has 0 atom stereocenters. The van der Waals surface area contributed by atoms with Crippen LogP contribution in [0.25, 0.3) is 10.2 Å². The lowest BCUT2D eigenvalue weighted by molar-refractivity contribution is 0.302. The summed E-state index contributed by atoms with van der Waals surface area (Å²) in [4.78, 5) is 19.4. The standard InChI is InChI=1S/C20H24N2O2S/c1-4-17-13-18-19(25-17)21-15(3)22(20(18)23)11-5-6-12-24-16-9-7-14(2)8-10-16/h7-10,13H,4-6,11-12H2,1-3H3. The van der Waals surface area contributed by atoms with Gasteiger partial charge in [0.15, 0.2) is 0 Å². The molecule has 0 saturated heterocycles. The van der Waals surface area contributed by atoms with Crippen molar-refractivity contribution in [1.82, 2.24) is 9.55 Å². The minimum absolute atomic E-state index is 0.0814. The molecule has 5 heteroatoms. The van der Waals surface area contributed by atoms with Gasteiger partial charge in [-0.05, 0) is 51.3 Å². The van der Waals surface area contributed by atoms with Crippen molar-refractivity contribution in [3.63, 3.8) is 0 Å². The molecule has 0 saturated carbocycles. The van der Waals surface area contributed by atoms with Gasteiger partial charge < -0.3 is 4.74 Å². The summed E-state index contributed by atoms with van der Waals surface area (Å²) in [6, 6.07) is 10.1. The lowest BCUT2D eigenvalue weighted by Gasteiger charge is -2.10. The molecule has 2 heterocycles. The number of nitrogens with zero attached hydrogens (tertiary/aromatic N) is 2. The third-order valence-electron chi connectivity index (χ3n) is 4.31. The van der Waals surface area contributed by atoms with E-state index in [4.69, 9.17) is 4.74 Å². The first-order valence-corrected chi connectivity index (χ1v) is 9.59. The van der Waals surface area contributed by atoms with Gasteiger partial charge in [0.25, 0.3) is 5.56 Å². The highest BCUT2D eigenvalue weighted by atomic mass is 32.1. The molecule has 2 aromatic heterocycles. The van der Waals surface area contributed by atoms with E-state index >= 15 is 0 Å². The highest BCUT2D eigenvalue weighted by Crippen LogP contribution is 2.22. The summed E-state index contributed by atoms with van der Waals surface area (Å²) in [5.41, 5.74) is 1.31. The summed E-state index contributed by atoms with van der Waals surface area (Å²) in [5, 5.41) is 0.753. The van der Waals surface area contributed by atoms with Crippen LogP contribution in [-0.2, 0) is 13.0 Å². The maximum absolute atomic E-state index is 12.7. The van der Waals surface area contributed by atoms with Gasteiger partial charge in [-0.15, -0.1) is 11.3 Å². The van der Waals surface area contributed by atoms with Crippen LogP contribution >= 0.6 is 11.3 Å². The van der Waals surface area contributed by atoms with E-state index in [0.29, 0.717) is 13.2 Å². The summed E-state index contributed by atoms with van der Waals surface area (Å²) in [6.45, 7) is 7.41. The molecule has 0 spiro atoms. The number of benzene rings is 1. The van der Waals surface area contributed by atoms with Crippen molar-refractivity contribution >= 4 is 21.6 Å². The van der Waals surface area contributed by atoms with Gasteiger partial charge in [0.05, 0.1) is 12.0 Å². The van der Waals surface area contributed by atoms with Gasteiger partial charge >= 0.3 is 0 Å². The molecular formula is C20H24N2O2S. The predicted octanol–water partition coefficient (Wildman–Crippen LogP) is 4.50. The number of ether oxygens (including phenoxy) is 1. The van der Waals surface area contributed by atoms with Gasteiger partial charge in [-0.1, -0.05) is 24.6 Å². The van der Waals surface area contributed by atoms with E-state index < -0.39 is 0 Å². The maximum Gasteiger partial charge on any atom is 0.262 e. The maximum atomic E-state index is 12.7. The first-order valence-electron chi connectivity index (χ1n) is 8.78. The van der Waals surface area contributed by atoms with Gasteiger partial charge in [0.1, 0.15) is 16.4 Å². The van der Waals surface area contributed by atoms with Crippen molar-refractivity contribution in [2.75, 3.05) is 6.61 Å². The van der Waals surface area contributed by atoms with E-state index in [2.05, 4.69) is 18.8 Å². The number of thiophene rings is 1. The normalized spacial score (nSPS) is 11.2. The molecule has 0 radical (unpaired) electrons. The molecule has 3 aromatic rings. The van der Waals surface area contributed by atoms with E-state index in [1.165, 1.54) is 10.4 Å². The van der Waals surface area contributed by atoms with Crippen LogP contribution in [-0.4, -0.2) is 16.2 Å². The quantitative estimate of drug-likeness (QED) is 0.586. The number of aromatic nitrogens is 2. The Morgan fingerprint density at radius 2 is 1.92 bits per heavy atom. The van der Waals surface area contributed by atoms with Crippen molar-refractivity contribution in [2.24, 2.45) is 0 Å². The fourth-order valence-electron chi connectivity index (χ4n) is 2.80. The van der Waals surface area contributed by atoms with E-state index in [0.717, 1.165) is 41.1 Å². The fourth-order valence-corrected chi connectivity index (χ4v) is 3.80. The fraction of sp³-hybridized carbons (Fsp3) is 0.400.